The summed E-state index contributed by atoms with van der Waals surface area (Å²) in [6.07, 6.45) is 9.43. The zero-order chi connectivity index (χ0) is 20.9. The van der Waals surface area contributed by atoms with E-state index in [-0.39, 0.29) is 10.8 Å². The molecule has 1 saturated heterocycles. The van der Waals surface area contributed by atoms with Gasteiger partial charge in [0, 0.05) is 58.4 Å². The van der Waals surface area contributed by atoms with Crippen LogP contribution in [-0.2, 0) is 16.6 Å². The Balaban J connectivity index is 1.79. The quantitative estimate of drug-likeness (QED) is 0.661. The van der Waals surface area contributed by atoms with Crippen LogP contribution in [0.5, 0.6) is 0 Å². The first-order chi connectivity index (χ1) is 13.9. The van der Waals surface area contributed by atoms with Crippen LogP contribution in [0.1, 0.15) is 36.0 Å². The number of anilines is 1. The van der Waals surface area contributed by atoms with Crippen LogP contribution in [0.2, 0.25) is 0 Å². The van der Waals surface area contributed by atoms with Gasteiger partial charge in [0.15, 0.2) is 0 Å². The summed E-state index contributed by atoms with van der Waals surface area (Å²) in [7, 11) is -0.631. The van der Waals surface area contributed by atoms with E-state index in [0.717, 1.165) is 48.9 Å². The van der Waals surface area contributed by atoms with Crippen molar-refractivity contribution in [1.29, 1.82) is 0 Å². The molecule has 0 spiro atoms. The number of carbonyl (C=O) groups excluding carboxylic acids is 1. The van der Waals surface area contributed by atoms with Gasteiger partial charge in [-0.25, -0.2) is 17.7 Å². The second-order valence-corrected chi connectivity index (χ2v) is 9.58. The minimum absolute atomic E-state index is 0.131. The molecule has 158 valence electrons. The molecule has 2 heterocycles. The number of nitrogens with one attached hydrogen (secondary N) is 1. The number of aromatic nitrogens is 2. The number of sulfonamides is 1. The zero-order valence-corrected chi connectivity index (χ0v) is 17.9. The van der Waals surface area contributed by atoms with Gasteiger partial charge >= 0.3 is 0 Å². The first-order valence-corrected chi connectivity index (χ1v) is 11.4. The Hall–Kier alpha value is -2.39. The summed E-state index contributed by atoms with van der Waals surface area (Å²) < 4.78 is 28.2. The number of hydrogen-bond donors (Lipinski definition) is 1. The highest BCUT2D eigenvalue weighted by molar-refractivity contribution is 7.89. The summed E-state index contributed by atoms with van der Waals surface area (Å²) in [4.78, 5) is 19.3. The average molecular weight is 420 g/mol. The number of imidazole rings is 1. The predicted octanol–water partition coefficient (Wildman–Crippen LogP) is 1.94. The molecule has 0 saturated carbocycles. The van der Waals surface area contributed by atoms with Crippen molar-refractivity contribution in [1.82, 2.24) is 19.2 Å². The molecule has 29 heavy (non-hydrogen) atoms. The molecule has 0 aliphatic carbocycles. The highest BCUT2D eigenvalue weighted by atomic mass is 32.2. The van der Waals surface area contributed by atoms with Crippen LogP contribution in [0.15, 0.2) is 41.8 Å². The summed E-state index contributed by atoms with van der Waals surface area (Å²) in [5, 5.41) is 2.94. The number of carbonyl (C=O) groups is 1. The second-order valence-electron chi connectivity index (χ2n) is 7.42. The molecule has 1 aliphatic heterocycles. The summed E-state index contributed by atoms with van der Waals surface area (Å²) in [6, 6.07) is 4.86. The molecule has 1 N–H and O–H groups in total. The summed E-state index contributed by atoms with van der Waals surface area (Å²) in [5.74, 6) is -0.244. The van der Waals surface area contributed by atoms with Gasteiger partial charge < -0.3 is 14.8 Å². The minimum atomic E-state index is -3.61. The van der Waals surface area contributed by atoms with Gasteiger partial charge in [0.05, 0.1) is 16.8 Å². The van der Waals surface area contributed by atoms with E-state index < -0.39 is 10.0 Å². The zero-order valence-electron chi connectivity index (χ0n) is 17.0. The predicted molar refractivity (Wildman–Crippen MR) is 113 cm³/mol. The first kappa shape index (κ1) is 21.3. The fourth-order valence-electron chi connectivity index (χ4n) is 3.46. The van der Waals surface area contributed by atoms with Crippen LogP contribution < -0.4 is 10.2 Å². The Morgan fingerprint density at radius 1 is 1.21 bits per heavy atom. The number of piperidine rings is 1. The third-order valence-corrected chi connectivity index (χ3v) is 6.94. The third-order valence-electron chi connectivity index (χ3n) is 5.13. The number of amides is 1. The van der Waals surface area contributed by atoms with Crippen LogP contribution in [0, 0.1) is 0 Å². The lowest BCUT2D eigenvalue weighted by atomic mass is 10.1. The van der Waals surface area contributed by atoms with Crippen molar-refractivity contribution in [2.45, 2.75) is 37.1 Å². The van der Waals surface area contributed by atoms with Crippen molar-refractivity contribution >= 4 is 21.6 Å². The molecule has 0 atom stereocenters. The van der Waals surface area contributed by atoms with E-state index >= 15 is 0 Å². The lowest BCUT2D eigenvalue weighted by Gasteiger charge is -2.30. The van der Waals surface area contributed by atoms with Crippen molar-refractivity contribution < 1.29 is 13.2 Å². The summed E-state index contributed by atoms with van der Waals surface area (Å²) in [5.41, 5.74) is 1.21. The fourth-order valence-corrected chi connectivity index (χ4v) is 4.39. The van der Waals surface area contributed by atoms with Gasteiger partial charge in [-0.2, -0.15) is 0 Å². The molecule has 3 rings (SSSR count). The maximum Gasteiger partial charge on any atom is 0.253 e. The van der Waals surface area contributed by atoms with Crippen LogP contribution in [-0.4, -0.2) is 61.9 Å². The van der Waals surface area contributed by atoms with E-state index in [2.05, 4.69) is 15.2 Å². The third kappa shape index (κ3) is 5.16. The monoisotopic (exact) mass is 419 g/mol. The minimum Gasteiger partial charge on any atom is -0.371 e. The van der Waals surface area contributed by atoms with Gasteiger partial charge in [0.2, 0.25) is 10.0 Å². The van der Waals surface area contributed by atoms with E-state index in [1.807, 2.05) is 10.8 Å². The SMILES string of the molecule is CN(C)S(=O)(=O)c1ccc(N2CCCCC2)c(C(=O)NCCCn2ccnc2)c1. The number of benzene rings is 1. The fraction of sp³-hybridized carbons (Fsp3) is 0.500. The normalized spacial score (nSPS) is 14.9. The van der Waals surface area contributed by atoms with Gasteiger partial charge in [-0.05, 0) is 43.9 Å². The molecule has 8 nitrogen and oxygen atoms in total. The van der Waals surface area contributed by atoms with Crippen LogP contribution in [0.25, 0.3) is 0 Å². The molecular weight excluding hydrogens is 390 g/mol. The second kappa shape index (κ2) is 9.41. The van der Waals surface area contributed by atoms with E-state index in [9.17, 15) is 13.2 Å². The van der Waals surface area contributed by atoms with Crippen molar-refractivity contribution in [3.8, 4) is 0 Å². The first-order valence-electron chi connectivity index (χ1n) is 9.95. The molecule has 1 aliphatic rings. The molecular formula is C20H29N5O3S. The lowest BCUT2D eigenvalue weighted by molar-refractivity contribution is 0.0953. The van der Waals surface area contributed by atoms with Gasteiger partial charge in [-0.3, -0.25) is 4.79 Å². The Bertz CT molecular complexity index is 920. The van der Waals surface area contributed by atoms with Gasteiger partial charge in [-0.15, -0.1) is 0 Å². The topological polar surface area (TPSA) is 87.5 Å². The van der Waals surface area contributed by atoms with Crippen molar-refractivity contribution in [3.05, 3.63) is 42.5 Å². The maximum absolute atomic E-state index is 13.0. The molecule has 0 bridgehead atoms. The highest BCUT2D eigenvalue weighted by Gasteiger charge is 2.24. The Kier molecular flexibility index (Phi) is 6.92. The molecule has 1 aromatic heterocycles. The molecule has 2 aromatic rings. The smallest absolute Gasteiger partial charge is 0.253 e. The molecule has 9 heteroatoms. The van der Waals surface area contributed by atoms with E-state index in [1.54, 1.807) is 24.7 Å². The highest BCUT2D eigenvalue weighted by Crippen LogP contribution is 2.27. The van der Waals surface area contributed by atoms with Crippen LogP contribution in [0.4, 0.5) is 5.69 Å². The Morgan fingerprint density at radius 2 is 1.97 bits per heavy atom. The molecule has 0 unspecified atom stereocenters. The summed E-state index contributed by atoms with van der Waals surface area (Å²) in [6.45, 7) is 3.01. The van der Waals surface area contributed by atoms with E-state index in [0.29, 0.717) is 12.1 Å². The number of hydrogen-bond acceptors (Lipinski definition) is 5. The lowest BCUT2D eigenvalue weighted by Crippen LogP contribution is -2.33. The average Bonchev–Trinajstić information content (AvgIpc) is 3.24. The summed E-state index contributed by atoms with van der Waals surface area (Å²) >= 11 is 0. The molecule has 1 fully saturated rings. The van der Waals surface area contributed by atoms with Crippen LogP contribution >= 0.6 is 0 Å². The van der Waals surface area contributed by atoms with E-state index in [4.69, 9.17) is 0 Å². The van der Waals surface area contributed by atoms with E-state index in [1.165, 1.54) is 26.6 Å². The molecule has 1 amide bonds. The maximum atomic E-state index is 13.0. The van der Waals surface area contributed by atoms with Crippen molar-refractivity contribution in [3.63, 3.8) is 0 Å². The Morgan fingerprint density at radius 3 is 2.62 bits per heavy atom. The van der Waals surface area contributed by atoms with Gasteiger partial charge in [0.1, 0.15) is 0 Å². The van der Waals surface area contributed by atoms with Crippen molar-refractivity contribution in [2.24, 2.45) is 0 Å². The number of aryl methyl sites for hydroxylation is 1. The van der Waals surface area contributed by atoms with Crippen molar-refractivity contribution in [2.75, 3.05) is 38.6 Å². The van der Waals surface area contributed by atoms with Gasteiger partial charge in [-0.1, -0.05) is 0 Å². The molecule has 0 radical (unpaired) electrons. The standard InChI is InChI=1S/C20H29N5O3S/c1-23(2)29(27,28)17-7-8-19(25-12-4-3-5-13-25)18(15-17)20(26)22-9-6-11-24-14-10-21-16-24/h7-8,10,14-16H,3-6,9,11-13H2,1-2H3,(H,22,26). The number of rotatable bonds is 8. The van der Waals surface area contributed by atoms with Crippen LogP contribution in [0.3, 0.4) is 0 Å². The van der Waals surface area contributed by atoms with Gasteiger partial charge in [0.25, 0.3) is 5.91 Å². The molecule has 1 aromatic carbocycles. The largest absolute Gasteiger partial charge is 0.371 e. The number of nitrogens with zero attached hydrogens (tertiary/aromatic N) is 4. The Labute approximate surface area is 172 Å².